The molecule has 0 atom stereocenters. The van der Waals surface area contributed by atoms with Crippen molar-refractivity contribution < 1.29 is 4.74 Å². The van der Waals surface area contributed by atoms with Gasteiger partial charge in [0.25, 0.3) is 0 Å². The first-order valence-corrected chi connectivity index (χ1v) is 5.16. The maximum Gasteiger partial charge on any atom is 0.0988 e. The highest BCUT2D eigenvalue weighted by Gasteiger charge is 2.22. The Bertz CT molecular complexity index is 281. The largest absolute Gasteiger partial charge is 0.377 e. The molecular formula is C10H17N3O. The summed E-state index contributed by atoms with van der Waals surface area (Å²) in [4.78, 5) is 0. The van der Waals surface area contributed by atoms with E-state index in [-0.39, 0.29) is 0 Å². The third kappa shape index (κ3) is 1.96. The molecule has 1 aliphatic heterocycles. The molecule has 4 heteroatoms. The Balaban J connectivity index is 1.91. The quantitative estimate of drug-likeness (QED) is 0.700. The molecule has 0 bridgehead atoms. The molecule has 0 aromatic carbocycles. The van der Waals surface area contributed by atoms with E-state index in [1.54, 1.807) is 0 Å². The molecule has 0 amide bonds. The minimum atomic E-state index is 0.481. The number of aryl methyl sites for hydroxylation is 1. The molecule has 1 aromatic heterocycles. The second kappa shape index (κ2) is 4.57. The van der Waals surface area contributed by atoms with Gasteiger partial charge in [-0.2, -0.15) is 5.10 Å². The molecule has 0 radical (unpaired) electrons. The fourth-order valence-corrected chi connectivity index (χ4v) is 1.68. The molecule has 78 valence electrons. The Morgan fingerprint density at radius 3 is 3.14 bits per heavy atom. The minimum absolute atomic E-state index is 0.481. The van der Waals surface area contributed by atoms with Crippen molar-refractivity contribution in [1.82, 2.24) is 15.1 Å². The van der Waals surface area contributed by atoms with E-state index in [1.165, 1.54) is 5.69 Å². The molecule has 1 N–H and O–H groups in total. The van der Waals surface area contributed by atoms with Crippen LogP contribution in [0.25, 0.3) is 0 Å². The highest BCUT2D eigenvalue weighted by molar-refractivity contribution is 5.03. The third-order valence-electron chi connectivity index (χ3n) is 2.58. The summed E-state index contributed by atoms with van der Waals surface area (Å²) in [6.07, 6.45) is 4.14. The summed E-state index contributed by atoms with van der Waals surface area (Å²) in [5.74, 6) is 0. The zero-order valence-electron chi connectivity index (χ0n) is 8.57. The first-order valence-electron chi connectivity index (χ1n) is 5.16. The Hall–Kier alpha value is -0.870. The summed E-state index contributed by atoms with van der Waals surface area (Å²) in [7, 11) is 1.98. The van der Waals surface area contributed by atoms with Gasteiger partial charge in [0.05, 0.1) is 19.3 Å². The third-order valence-corrected chi connectivity index (χ3v) is 2.58. The Morgan fingerprint density at radius 1 is 1.64 bits per heavy atom. The highest BCUT2D eigenvalue weighted by atomic mass is 16.5. The highest BCUT2D eigenvalue weighted by Crippen LogP contribution is 2.18. The molecule has 1 fully saturated rings. The fraction of sp³-hybridized carbons (Fsp3) is 0.700. The number of hydrogen-bond acceptors (Lipinski definition) is 3. The van der Waals surface area contributed by atoms with Crippen molar-refractivity contribution in [3.05, 3.63) is 18.0 Å². The second-order valence-electron chi connectivity index (χ2n) is 3.67. The van der Waals surface area contributed by atoms with E-state index in [0.717, 1.165) is 32.6 Å². The molecule has 0 aliphatic carbocycles. The predicted octanol–water partition coefficient (Wildman–Crippen LogP) is 0.606. The van der Waals surface area contributed by atoms with Gasteiger partial charge in [-0.25, -0.2) is 0 Å². The molecule has 0 spiro atoms. The van der Waals surface area contributed by atoms with Gasteiger partial charge in [-0.15, -0.1) is 0 Å². The van der Waals surface area contributed by atoms with Crippen LogP contribution in [-0.4, -0.2) is 36.6 Å². The number of rotatable bonds is 5. The number of ether oxygens (including phenoxy) is 1. The summed E-state index contributed by atoms with van der Waals surface area (Å²) in [6, 6.07) is 2.59. The Kier molecular flexibility index (Phi) is 3.16. The summed E-state index contributed by atoms with van der Waals surface area (Å²) >= 11 is 0. The van der Waals surface area contributed by atoms with E-state index in [1.807, 2.05) is 13.2 Å². The topological polar surface area (TPSA) is 39.1 Å². The van der Waals surface area contributed by atoms with E-state index < -0.39 is 0 Å². The van der Waals surface area contributed by atoms with Crippen LogP contribution in [0.3, 0.4) is 0 Å². The van der Waals surface area contributed by atoms with Gasteiger partial charge in [0.15, 0.2) is 0 Å². The molecule has 4 nitrogen and oxygen atoms in total. The number of nitrogens with one attached hydrogen (secondary N) is 1. The van der Waals surface area contributed by atoms with Crippen LogP contribution < -0.4 is 5.32 Å². The normalized spacial score (nSPS) is 16.9. The molecule has 0 unspecified atom stereocenters. The van der Waals surface area contributed by atoms with E-state index in [2.05, 4.69) is 21.2 Å². The van der Waals surface area contributed by atoms with Crippen LogP contribution in [0.5, 0.6) is 0 Å². The van der Waals surface area contributed by atoms with Crippen LogP contribution in [0.15, 0.2) is 12.3 Å². The van der Waals surface area contributed by atoms with E-state index in [4.69, 9.17) is 4.74 Å². The van der Waals surface area contributed by atoms with Crippen LogP contribution in [0.1, 0.15) is 18.2 Å². The van der Waals surface area contributed by atoms with Crippen molar-refractivity contribution in [2.75, 3.05) is 26.8 Å². The number of nitrogens with zero attached hydrogens (tertiary/aromatic N) is 2. The van der Waals surface area contributed by atoms with Crippen molar-refractivity contribution in [3.8, 4) is 0 Å². The standard InChI is InChI=1S/C10H17N3O/c1-11-5-2-3-9-4-6-12-13(9)10-7-14-8-10/h4,6,10-11H,2-3,5,7-8H2,1H3. The fourth-order valence-electron chi connectivity index (χ4n) is 1.68. The van der Waals surface area contributed by atoms with E-state index in [0.29, 0.717) is 6.04 Å². The monoisotopic (exact) mass is 195 g/mol. The molecule has 2 rings (SSSR count). The molecule has 1 saturated heterocycles. The molecule has 0 saturated carbocycles. The number of hydrogen-bond donors (Lipinski definition) is 1. The van der Waals surface area contributed by atoms with Crippen molar-refractivity contribution in [3.63, 3.8) is 0 Å². The first-order chi connectivity index (χ1) is 6.92. The Labute approximate surface area is 84.3 Å². The van der Waals surface area contributed by atoms with Gasteiger partial charge in [0.2, 0.25) is 0 Å². The average molecular weight is 195 g/mol. The summed E-state index contributed by atoms with van der Waals surface area (Å²) < 4.78 is 7.28. The van der Waals surface area contributed by atoms with Gasteiger partial charge in [-0.1, -0.05) is 0 Å². The van der Waals surface area contributed by atoms with Crippen molar-refractivity contribution in [2.45, 2.75) is 18.9 Å². The lowest BCUT2D eigenvalue weighted by Gasteiger charge is -2.27. The first kappa shape index (κ1) is 9.68. The lowest BCUT2D eigenvalue weighted by molar-refractivity contribution is -0.0298. The smallest absolute Gasteiger partial charge is 0.0988 e. The van der Waals surface area contributed by atoms with Crippen LogP contribution in [-0.2, 0) is 11.2 Å². The zero-order chi connectivity index (χ0) is 9.80. The van der Waals surface area contributed by atoms with Crippen molar-refractivity contribution in [2.24, 2.45) is 0 Å². The lowest BCUT2D eigenvalue weighted by Crippen LogP contribution is -2.32. The summed E-state index contributed by atoms with van der Waals surface area (Å²) in [5, 5.41) is 7.49. The van der Waals surface area contributed by atoms with E-state index >= 15 is 0 Å². The summed E-state index contributed by atoms with van der Waals surface area (Å²) in [6.45, 7) is 2.70. The molecular weight excluding hydrogens is 178 g/mol. The SMILES string of the molecule is CNCCCc1ccnn1C1COC1. The zero-order valence-corrected chi connectivity index (χ0v) is 8.57. The van der Waals surface area contributed by atoms with Gasteiger partial charge >= 0.3 is 0 Å². The average Bonchev–Trinajstić information content (AvgIpc) is 2.51. The maximum atomic E-state index is 5.17. The molecule has 1 aromatic rings. The van der Waals surface area contributed by atoms with Crippen molar-refractivity contribution in [1.29, 1.82) is 0 Å². The lowest BCUT2D eigenvalue weighted by atomic mass is 10.2. The van der Waals surface area contributed by atoms with Crippen LogP contribution in [0.2, 0.25) is 0 Å². The van der Waals surface area contributed by atoms with Gasteiger partial charge in [0.1, 0.15) is 0 Å². The Morgan fingerprint density at radius 2 is 2.50 bits per heavy atom. The minimum Gasteiger partial charge on any atom is -0.377 e. The predicted molar refractivity (Wildman–Crippen MR) is 54.3 cm³/mol. The van der Waals surface area contributed by atoms with Crippen LogP contribution >= 0.6 is 0 Å². The van der Waals surface area contributed by atoms with Gasteiger partial charge < -0.3 is 10.1 Å². The maximum absolute atomic E-state index is 5.17. The second-order valence-corrected chi connectivity index (χ2v) is 3.67. The van der Waals surface area contributed by atoms with Gasteiger partial charge in [0, 0.05) is 11.9 Å². The van der Waals surface area contributed by atoms with Gasteiger partial charge in [-0.05, 0) is 32.5 Å². The number of aromatic nitrogens is 2. The van der Waals surface area contributed by atoms with E-state index in [9.17, 15) is 0 Å². The van der Waals surface area contributed by atoms with Crippen LogP contribution in [0, 0.1) is 0 Å². The van der Waals surface area contributed by atoms with Gasteiger partial charge in [-0.3, -0.25) is 4.68 Å². The van der Waals surface area contributed by atoms with Crippen LogP contribution in [0.4, 0.5) is 0 Å². The molecule has 2 heterocycles. The molecule has 1 aliphatic rings. The molecule has 14 heavy (non-hydrogen) atoms. The summed E-state index contributed by atoms with van der Waals surface area (Å²) in [5.41, 5.74) is 1.33. The van der Waals surface area contributed by atoms with Crippen molar-refractivity contribution >= 4 is 0 Å².